The maximum Gasteiger partial charge on any atom is 0.321 e. The summed E-state index contributed by atoms with van der Waals surface area (Å²) < 4.78 is 12.7. The Labute approximate surface area is 205 Å². The molecule has 5 nitrogen and oxygen atoms in total. The Morgan fingerprint density at radius 3 is 2.06 bits per heavy atom. The zero-order valence-corrected chi connectivity index (χ0v) is 19.4. The van der Waals surface area contributed by atoms with Crippen molar-refractivity contribution in [1.29, 1.82) is 0 Å². The fourth-order valence-electron chi connectivity index (χ4n) is 3.30. The number of halogens is 1. The number of rotatable bonds is 7. The minimum atomic E-state index is -1.18. The number of carbonyl (C=O) groups is 1. The first kappa shape index (κ1) is 21.9. The van der Waals surface area contributed by atoms with Crippen molar-refractivity contribution < 1.29 is 14.3 Å². The average Bonchev–Trinajstić information content (AvgIpc) is 3.29. The monoisotopic (exact) mass is 486 g/mol. The van der Waals surface area contributed by atoms with Gasteiger partial charge in [-0.15, -0.1) is 11.3 Å². The number of aromatic nitrogens is 1. The summed E-state index contributed by atoms with van der Waals surface area (Å²) in [6, 6.07) is 31.4. The SMILES string of the molecule is O=C(Nc1ccc2sc(-c3ccc(Cl)cc3)nc2c1)C(Oc1ccccc1)Oc1ccccc1. The van der Waals surface area contributed by atoms with Crippen molar-refractivity contribution in [2.24, 2.45) is 0 Å². The van der Waals surface area contributed by atoms with E-state index >= 15 is 0 Å². The first-order chi connectivity index (χ1) is 16.6. The Kier molecular flexibility index (Phi) is 6.42. The van der Waals surface area contributed by atoms with Gasteiger partial charge in [0, 0.05) is 16.3 Å². The average molecular weight is 487 g/mol. The molecule has 0 aliphatic rings. The van der Waals surface area contributed by atoms with Gasteiger partial charge in [-0.3, -0.25) is 4.79 Å². The third-order valence-electron chi connectivity index (χ3n) is 4.93. The number of thiazole rings is 1. The smallest absolute Gasteiger partial charge is 0.321 e. The summed E-state index contributed by atoms with van der Waals surface area (Å²) in [6.07, 6.45) is -1.18. The molecule has 5 rings (SSSR count). The number of anilines is 1. The zero-order chi connectivity index (χ0) is 23.3. The van der Waals surface area contributed by atoms with Crippen LogP contribution in [0.25, 0.3) is 20.8 Å². The highest BCUT2D eigenvalue weighted by atomic mass is 35.5. The van der Waals surface area contributed by atoms with E-state index < -0.39 is 12.2 Å². The molecule has 1 heterocycles. The molecule has 0 saturated heterocycles. The fourth-order valence-corrected chi connectivity index (χ4v) is 4.38. The van der Waals surface area contributed by atoms with Crippen molar-refractivity contribution >= 4 is 44.7 Å². The summed E-state index contributed by atoms with van der Waals surface area (Å²) in [7, 11) is 0. The molecule has 0 fully saturated rings. The van der Waals surface area contributed by atoms with Crippen molar-refractivity contribution in [1.82, 2.24) is 4.98 Å². The number of para-hydroxylation sites is 2. The van der Waals surface area contributed by atoms with E-state index in [1.54, 1.807) is 35.6 Å². The van der Waals surface area contributed by atoms with E-state index in [2.05, 4.69) is 5.32 Å². The molecule has 4 aromatic carbocycles. The van der Waals surface area contributed by atoms with Crippen LogP contribution in [-0.2, 0) is 4.79 Å². The van der Waals surface area contributed by atoms with Gasteiger partial charge in [-0.2, -0.15) is 0 Å². The van der Waals surface area contributed by atoms with E-state index in [4.69, 9.17) is 26.1 Å². The van der Waals surface area contributed by atoms with Crippen LogP contribution in [0.15, 0.2) is 103 Å². The van der Waals surface area contributed by atoms with Crippen LogP contribution in [0.2, 0.25) is 5.02 Å². The predicted octanol–water partition coefficient (Wildman–Crippen LogP) is 7.04. The summed E-state index contributed by atoms with van der Waals surface area (Å²) in [4.78, 5) is 17.8. The fraction of sp³-hybridized carbons (Fsp3) is 0.0370. The number of nitrogens with one attached hydrogen (secondary N) is 1. The molecule has 0 aliphatic carbocycles. The van der Waals surface area contributed by atoms with Crippen LogP contribution in [0, 0.1) is 0 Å². The van der Waals surface area contributed by atoms with Crippen LogP contribution in [0.1, 0.15) is 0 Å². The lowest BCUT2D eigenvalue weighted by atomic mass is 10.2. The number of benzene rings is 4. The quantitative estimate of drug-likeness (QED) is 0.251. The van der Waals surface area contributed by atoms with Crippen molar-refractivity contribution in [3.63, 3.8) is 0 Å². The van der Waals surface area contributed by atoms with Crippen molar-refractivity contribution in [2.75, 3.05) is 5.32 Å². The Balaban J connectivity index is 1.37. The third kappa shape index (κ3) is 5.20. The first-order valence-corrected chi connectivity index (χ1v) is 11.7. The zero-order valence-electron chi connectivity index (χ0n) is 17.9. The van der Waals surface area contributed by atoms with E-state index in [1.807, 2.05) is 78.9 Å². The van der Waals surface area contributed by atoms with Gasteiger partial charge in [-0.25, -0.2) is 4.98 Å². The third-order valence-corrected chi connectivity index (χ3v) is 6.27. The molecule has 0 atom stereocenters. The standard InChI is InChI=1S/C27H19ClN2O3S/c28-19-13-11-18(12-14-19)26-30-23-17-20(15-16-24(23)34-26)29-25(31)27(32-21-7-3-1-4-8-21)33-22-9-5-2-6-10-22/h1-17,27H,(H,29,31). The van der Waals surface area contributed by atoms with E-state index in [0.717, 1.165) is 20.8 Å². The highest BCUT2D eigenvalue weighted by Gasteiger charge is 2.23. The number of hydrogen-bond acceptors (Lipinski definition) is 5. The number of ether oxygens (including phenoxy) is 2. The lowest BCUT2D eigenvalue weighted by Crippen LogP contribution is -2.38. The molecule has 0 unspecified atom stereocenters. The molecule has 168 valence electrons. The largest absolute Gasteiger partial charge is 0.446 e. The summed E-state index contributed by atoms with van der Waals surface area (Å²) in [5.74, 6) is 0.627. The Morgan fingerprint density at radius 2 is 1.44 bits per heavy atom. The van der Waals surface area contributed by atoms with E-state index in [1.165, 1.54) is 0 Å². The van der Waals surface area contributed by atoms with Gasteiger partial charge in [0.15, 0.2) is 0 Å². The number of hydrogen-bond donors (Lipinski definition) is 1. The van der Waals surface area contributed by atoms with Gasteiger partial charge in [-0.05, 0) is 54.6 Å². The van der Waals surface area contributed by atoms with Gasteiger partial charge in [0.2, 0.25) is 0 Å². The van der Waals surface area contributed by atoms with Gasteiger partial charge in [0.25, 0.3) is 0 Å². The molecule has 0 saturated carbocycles. The van der Waals surface area contributed by atoms with Gasteiger partial charge in [0.1, 0.15) is 16.5 Å². The number of fused-ring (bicyclic) bond motifs is 1. The van der Waals surface area contributed by atoms with Gasteiger partial charge in [-0.1, -0.05) is 60.1 Å². The summed E-state index contributed by atoms with van der Waals surface area (Å²) >= 11 is 7.57. The summed E-state index contributed by atoms with van der Waals surface area (Å²) in [5, 5.41) is 4.45. The number of carbonyl (C=O) groups excluding carboxylic acids is 1. The number of nitrogens with zero attached hydrogens (tertiary/aromatic N) is 1. The second-order valence-corrected chi connectivity index (χ2v) is 8.86. The highest BCUT2D eigenvalue weighted by Crippen LogP contribution is 2.32. The van der Waals surface area contributed by atoms with Crippen LogP contribution in [-0.4, -0.2) is 17.2 Å². The van der Waals surface area contributed by atoms with E-state index in [-0.39, 0.29) is 0 Å². The molecular weight excluding hydrogens is 468 g/mol. The Hall–Kier alpha value is -3.87. The molecule has 7 heteroatoms. The molecule has 0 aliphatic heterocycles. The molecule has 1 amide bonds. The van der Waals surface area contributed by atoms with Crippen LogP contribution < -0.4 is 14.8 Å². The van der Waals surface area contributed by atoms with Gasteiger partial charge >= 0.3 is 12.2 Å². The molecule has 0 radical (unpaired) electrons. The molecule has 5 aromatic rings. The van der Waals surface area contributed by atoms with Gasteiger partial charge in [0.05, 0.1) is 10.2 Å². The van der Waals surface area contributed by atoms with Crippen LogP contribution in [0.3, 0.4) is 0 Å². The Bertz CT molecular complexity index is 1370. The van der Waals surface area contributed by atoms with Crippen molar-refractivity contribution in [3.05, 3.63) is 108 Å². The van der Waals surface area contributed by atoms with Crippen LogP contribution in [0.5, 0.6) is 11.5 Å². The van der Waals surface area contributed by atoms with E-state index in [0.29, 0.717) is 22.2 Å². The summed E-state index contributed by atoms with van der Waals surface area (Å²) in [6.45, 7) is 0. The second kappa shape index (κ2) is 9.95. The van der Waals surface area contributed by atoms with Crippen LogP contribution in [0.4, 0.5) is 5.69 Å². The van der Waals surface area contributed by atoms with Crippen LogP contribution >= 0.6 is 22.9 Å². The predicted molar refractivity (Wildman–Crippen MR) is 137 cm³/mol. The maximum atomic E-state index is 13.1. The molecular formula is C27H19ClN2O3S. The van der Waals surface area contributed by atoms with Gasteiger partial charge < -0.3 is 14.8 Å². The minimum Gasteiger partial charge on any atom is -0.446 e. The number of amides is 1. The molecule has 0 bridgehead atoms. The minimum absolute atomic E-state index is 0.430. The van der Waals surface area contributed by atoms with Crippen molar-refractivity contribution in [2.45, 2.75) is 6.29 Å². The molecule has 0 spiro atoms. The summed E-state index contributed by atoms with van der Waals surface area (Å²) in [5.41, 5.74) is 2.38. The maximum absolute atomic E-state index is 13.1. The lowest BCUT2D eigenvalue weighted by molar-refractivity contribution is -0.134. The molecule has 34 heavy (non-hydrogen) atoms. The van der Waals surface area contributed by atoms with Crippen molar-refractivity contribution in [3.8, 4) is 22.1 Å². The first-order valence-electron chi connectivity index (χ1n) is 10.5. The normalized spacial score (nSPS) is 10.9. The molecule has 1 N–H and O–H groups in total. The highest BCUT2D eigenvalue weighted by molar-refractivity contribution is 7.21. The topological polar surface area (TPSA) is 60.5 Å². The Morgan fingerprint density at radius 1 is 0.824 bits per heavy atom. The second-order valence-electron chi connectivity index (χ2n) is 7.39. The lowest BCUT2D eigenvalue weighted by Gasteiger charge is -2.20. The van der Waals surface area contributed by atoms with E-state index in [9.17, 15) is 4.79 Å². The molecule has 1 aromatic heterocycles.